The first kappa shape index (κ1) is 14.5. The van der Waals surface area contributed by atoms with Crippen LogP contribution in [0.5, 0.6) is 0 Å². The molecule has 1 unspecified atom stereocenters. The van der Waals surface area contributed by atoms with Gasteiger partial charge in [0, 0.05) is 0 Å². The Hall–Kier alpha value is -3.14. The van der Waals surface area contributed by atoms with Gasteiger partial charge in [0.05, 0.1) is 6.54 Å². The number of fused-ring (bicyclic) bond motifs is 1. The van der Waals surface area contributed by atoms with Gasteiger partial charge < -0.3 is 5.32 Å². The molecule has 1 atom stereocenters. The van der Waals surface area contributed by atoms with Gasteiger partial charge in [-0.15, -0.1) is 0 Å². The zero-order valence-electron chi connectivity index (χ0n) is 13.0. The van der Waals surface area contributed by atoms with Crippen LogP contribution >= 0.6 is 0 Å². The molecule has 1 heterocycles. The van der Waals surface area contributed by atoms with Crippen LogP contribution in [0.4, 0.5) is 4.79 Å². The van der Waals surface area contributed by atoms with Gasteiger partial charge in [-0.25, -0.2) is 4.79 Å². The number of rotatable bonds is 3. The van der Waals surface area contributed by atoms with Crippen molar-refractivity contribution in [3.8, 4) is 0 Å². The molecule has 4 nitrogen and oxygen atoms in total. The highest BCUT2D eigenvalue weighted by Crippen LogP contribution is 2.26. The monoisotopic (exact) mass is 316 g/mol. The van der Waals surface area contributed by atoms with Crippen LogP contribution in [0, 0.1) is 0 Å². The van der Waals surface area contributed by atoms with E-state index in [0.29, 0.717) is 0 Å². The molecule has 1 N–H and O–H groups in total. The third kappa shape index (κ3) is 2.42. The van der Waals surface area contributed by atoms with E-state index < -0.39 is 6.04 Å². The number of benzene rings is 3. The molecule has 118 valence electrons. The third-order valence-corrected chi connectivity index (χ3v) is 4.37. The standard InChI is InChI=1S/C20H16N2O2/c23-19-18(15-8-2-1-3-9-15)21-20(24)22(19)13-16-11-6-10-14-7-4-5-12-17(14)16/h1-12,18H,13H2,(H,21,24). The number of imide groups is 1. The molecular weight excluding hydrogens is 300 g/mol. The highest BCUT2D eigenvalue weighted by atomic mass is 16.2. The first-order valence-electron chi connectivity index (χ1n) is 7.87. The molecule has 4 heteroatoms. The Labute approximate surface area is 139 Å². The summed E-state index contributed by atoms with van der Waals surface area (Å²) in [6.07, 6.45) is 0. The first-order chi connectivity index (χ1) is 11.7. The van der Waals surface area contributed by atoms with Crippen LogP contribution in [-0.2, 0) is 11.3 Å². The predicted molar refractivity (Wildman–Crippen MR) is 92.2 cm³/mol. The Kier molecular flexibility index (Phi) is 3.50. The van der Waals surface area contributed by atoms with Gasteiger partial charge in [0.2, 0.25) is 0 Å². The molecule has 1 aliphatic rings. The number of amides is 3. The van der Waals surface area contributed by atoms with Gasteiger partial charge >= 0.3 is 6.03 Å². The molecule has 0 spiro atoms. The SMILES string of the molecule is O=C1NC(c2ccccc2)C(=O)N1Cc1cccc2ccccc12. The summed E-state index contributed by atoms with van der Waals surface area (Å²) in [5, 5.41) is 4.93. The van der Waals surface area contributed by atoms with Gasteiger partial charge in [-0.1, -0.05) is 72.8 Å². The normalized spacial score (nSPS) is 17.3. The molecule has 4 rings (SSSR count). The number of hydrogen-bond acceptors (Lipinski definition) is 2. The smallest absolute Gasteiger partial charge is 0.322 e. The lowest BCUT2D eigenvalue weighted by Crippen LogP contribution is -2.30. The predicted octanol–water partition coefficient (Wildman–Crippen LogP) is 3.63. The van der Waals surface area contributed by atoms with Gasteiger partial charge in [-0.05, 0) is 21.9 Å². The molecule has 0 aromatic heterocycles. The van der Waals surface area contributed by atoms with Gasteiger partial charge in [-0.2, -0.15) is 0 Å². The minimum Gasteiger partial charge on any atom is -0.322 e. The van der Waals surface area contributed by atoms with E-state index in [4.69, 9.17) is 0 Å². The number of carbonyl (C=O) groups excluding carboxylic acids is 2. The van der Waals surface area contributed by atoms with Crippen molar-refractivity contribution in [2.45, 2.75) is 12.6 Å². The van der Waals surface area contributed by atoms with E-state index in [1.54, 1.807) is 0 Å². The molecular formula is C20H16N2O2. The lowest BCUT2D eigenvalue weighted by Gasteiger charge is -2.15. The maximum atomic E-state index is 12.7. The zero-order valence-corrected chi connectivity index (χ0v) is 13.0. The summed E-state index contributed by atoms with van der Waals surface area (Å²) in [7, 11) is 0. The van der Waals surface area contributed by atoms with Gasteiger partial charge in [0.25, 0.3) is 5.91 Å². The van der Waals surface area contributed by atoms with Gasteiger partial charge in [0.15, 0.2) is 0 Å². The summed E-state index contributed by atoms with van der Waals surface area (Å²) < 4.78 is 0. The van der Waals surface area contributed by atoms with E-state index in [0.717, 1.165) is 21.9 Å². The molecule has 0 saturated carbocycles. The van der Waals surface area contributed by atoms with E-state index in [9.17, 15) is 9.59 Å². The fraction of sp³-hybridized carbons (Fsp3) is 0.100. The number of urea groups is 1. The summed E-state index contributed by atoms with van der Waals surface area (Å²) in [5.74, 6) is -0.209. The number of nitrogens with one attached hydrogen (secondary N) is 1. The zero-order chi connectivity index (χ0) is 16.5. The second-order valence-corrected chi connectivity index (χ2v) is 5.86. The molecule has 3 amide bonds. The van der Waals surface area contributed by atoms with Crippen molar-refractivity contribution in [3.63, 3.8) is 0 Å². The van der Waals surface area contributed by atoms with E-state index in [2.05, 4.69) is 5.32 Å². The van der Waals surface area contributed by atoms with Crippen LogP contribution < -0.4 is 5.32 Å². The second kappa shape index (κ2) is 5.81. The lowest BCUT2D eigenvalue weighted by molar-refractivity contribution is -0.128. The highest BCUT2D eigenvalue weighted by Gasteiger charge is 2.38. The van der Waals surface area contributed by atoms with Crippen LogP contribution in [-0.4, -0.2) is 16.8 Å². The quantitative estimate of drug-likeness (QED) is 0.750. The average Bonchev–Trinajstić information content (AvgIpc) is 2.91. The maximum Gasteiger partial charge on any atom is 0.325 e. The summed E-state index contributed by atoms with van der Waals surface area (Å²) in [5.41, 5.74) is 1.77. The first-order valence-corrected chi connectivity index (χ1v) is 7.87. The number of hydrogen-bond donors (Lipinski definition) is 1. The van der Waals surface area contributed by atoms with Crippen molar-refractivity contribution < 1.29 is 9.59 Å². The summed E-state index contributed by atoms with van der Waals surface area (Å²) >= 11 is 0. The van der Waals surface area contributed by atoms with Crippen molar-refractivity contribution in [3.05, 3.63) is 83.9 Å². The molecule has 0 aliphatic carbocycles. The van der Waals surface area contributed by atoms with Crippen LogP contribution in [0.15, 0.2) is 72.8 Å². The second-order valence-electron chi connectivity index (χ2n) is 5.86. The topological polar surface area (TPSA) is 49.4 Å². The van der Waals surface area contributed by atoms with E-state index in [1.807, 2.05) is 72.8 Å². The van der Waals surface area contributed by atoms with Crippen LogP contribution in [0.2, 0.25) is 0 Å². The summed E-state index contributed by atoms with van der Waals surface area (Å²) in [6.45, 7) is 0.273. The molecule has 0 bridgehead atoms. The Morgan fingerprint density at radius 2 is 1.54 bits per heavy atom. The van der Waals surface area contributed by atoms with Crippen molar-refractivity contribution in [1.82, 2.24) is 10.2 Å². The molecule has 3 aromatic rings. The molecule has 1 saturated heterocycles. The van der Waals surface area contributed by atoms with E-state index >= 15 is 0 Å². The van der Waals surface area contributed by atoms with Crippen LogP contribution in [0.1, 0.15) is 17.2 Å². The maximum absolute atomic E-state index is 12.7. The molecule has 24 heavy (non-hydrogen) atoms. The highest BCUT2D eigenvalue weighted by molar-refractivity contribution is 6.04. The van der Waals surface area contributed by atoms with E-state index in [1.165, 1.54) is 4.90 Å². The minimum atomic E-state index is -0.603. The Bertz CT molecular complexity index is 916. The molecule has 1 aliphatic heterocycles. The van der Waals surface area contributed by atoms with Crippen molar-refractivity contribution >= 4 is 22.7 Å². The van der Waals surface area contributed by atoms with Crippen LogP contribution in [0.25, 0.3) is 10.8 Å². The largest absolute Gasteiger partial charge is 0.325 e. The molecule has 1 fully saturated rings. The molecule has 0 radical (unpaired) electrons. The lowest BCUT2D eigenvalue weighted by atomic mass is 10.0. The van der Waals surface area contributed by atoms with E-state index in [-0.39, 0.29) is 18.5 Å². The van der Waals surface area contributed by atoms with Gasteiger partial charge in [0.1, 0.15) is 6.04 Å². The third-order valence-electron chi connectivity index (χ3n) is 4.37. The number of carbonyl (C=O) groups is 2. The van der Waals surface area contributed by atoms with Crippen LogP contribution in [0.3, 0.4) is 0 Å². The average molecular weight is 316 g/mol. The fourth-order valence-corrected chi connectivity index (χ4v) is 3.14. The Balaban J connectivity index is 1.65. The fourth-order valence-electron chi connectivity index (χ4n) is 3.14. The van der Waals surface area contributed by atoms with Gasteiger partial charge in [-0.3, -0.25) is 9.69 Å². The summed E-state index contributed by atoms with van der Waals surface area (Å²) in [4.78, 5) is 26.3. The van der Waals surface area contributed by atoms with Crippen molar-refractivity contribution in [2.24, 2.45) is 0 Å². The Morgan fingerprint density at radius 3 is 2.38 bits per heavy atom. The summed E-state index contributed by atoms with van der Waals surface area (Å²) in [6, 6.07) is 22.3. The van der Waals surface area contributed by atoms with Crippen molar-refractivity contribution in [2.75, 3.05) is 0 Å². The number of nitrogens with zero attached hydrogens (tertiary/aromatic N) is 1. The Morgan fingerprint density at radius 1 is 0.833 bits per heavy atom. The van der Waals surface area contributed by atoms with Crippen molar-refractivity contribution in [1.29, 1.82) is 0 Å². The molecule has 3 aromatic carbocycles. The minimum absolute atomic E-state index is 0.209.